The fourth-order valence-electron chi connectivity index (χ4n) is 4.00. The number of imidazole rings is 1. The van der Waals surface area contributed by atoms with E-state index in [9.17, 15) is 5.11 Å². The summed E-state index contributed by atoms with van der Waals surface area (Å²) in [5.74, 6) is 3.22. The van der Waals surface area contributed by atoms with Crippen molar-refractivity contribution in [3.8, 4) is 0 Å². The third-order valence-corrected chi connectivity index (χ3v) is 8.09. The third-order valence-electron chi connectivity index (χ3n) is 5.61. The zero-order valence-corrected chi connectivity index (χ0v) is 14.3. The Labute approximate surface area is 135 Å². The number of nitrogens with zero attached hydrogens (tertiary/aromatic N) is 3. The average Bonchev–Trinajstić information content (AvgIpc) is 3.16. The average molecular weight is 321 g/mol. The highest BCUT2D eigenvalue weighted by molar-refractivity contribution is 8.29. The molecule has 2 unspecified atom stereocenters. The van der Waals surface area contributed by atoms with Crippen LogP contribution in [0.25, 0.3) is 0 Å². The Balaban J connectivity index is 1.43. The summed E-state index contributed by atoms with van der Waals surface area (Å²) in [7, 11) is 0. The summed E-state index contributed by atoms with van der Waals surface area (Å²) in [6.45, 7) is 2.31. The number of aliphatic hydroxyl groups excluding tert-OH is 1. The minimum absolute atomic E-state index is 0.243. The molecular weight excluding hydrogens is 294 g/mol. The normalized spacial score (nSPS) is 34.3. The van der Waals surface area contributed by atoms with Crippen molar-refractivity contribution >= 4 is 21.9 Å². The summed E-state index contributed by atoms with van der Waals surface area (Å²) >= 11 is -0.705. The van der Waals surface area contributed by atoms with Gasteiger partial charge in [0.1, 0.15) is 11.8 Å². The Morgan fingerprint density at radius 2 is 1.95 bits per heavy atom. The molecule has 2 heterocycles. The molecule has 0 saturated heterocycles. The summed E-state index contributed by atoms with van der Waals surface area (Å²) < 4.78 is 2.16. The molecule has 1 aliphatic heterocycles. The van der Waals surface area contributed by atoms with E-state index >= 15 is 0 Å². The maximum atomic E-state index is 10.9. The van der Waals surface area contributed by atoms with Crippen molar-refractivity contribution in [2.45, 2.75) is 63.7 Å². The number of aromatic nitrogens is 2. The zero-order valence-electron chi connectivity index (χ0n) is 13.4. The van der Waals surface area contributed by atoms with Crippen LogP contribution in [-0.4, -0.2) is 24.5 Å². The van der Waals surface area contributed by atoms with Crippen LogP contribution in [0.4, 0.5) is 5.82 Å². The van der Waals surface area contributed by atoms with Crippen LogP contribution in [0.2, 0.25) is 0 Å². The first-order valence-electron chi connectivity index (χ1n) is 8.84. The molecule has 4 rings (SSSR count). The molecule has 3 aliphatic rings. The number of hydrogen-bond donors (Lipinski definition) is 2. The second-order valence-electron chi connectivity index (χ2n) is 7.20. The second kappa shape index (κ2) is 6.00. The van der Waals surface area contributed by atoms with Crippen molar-refractivity contribution < 1.29 is 5.11 Å². The summed E-state index contributed by atoms with van der Waals surface area (Å²) in [4.78, 5) is 9.00. The van der Waals surface area contributed by atoms with Crippen molar-refractivity contribution in [3.63, 3.8) is 0 Å². The Morgan fingerprint density at radius 3 is 2.64 bits per heavy atom. The molecule has 2 atom stereocenters. The molecule has 1 N–H and O–H groups in total. The lowest BCUT2D eigenvalue weighted by Crippen LogP contribution is -2.23. The quantitative estimate of drug-likeness (QED) is 0.805. The van der Waals surface area contributed by atoms with Crippen molar-refractivity contribution in [1.29, 1.82) is 0 Å². The van der Waals surface area contributed by atoms with Gasteiger partial charge in [0.25, 0.3) is 0 Å². The third kappa shape index (κ3) is 2.73. The molecular formula is C17H27N3OS. The summed E-state index contributed by atoms with van der Waals surface area (Å²) in [5.41, 5.74) is -0.243. The SMILES string of the molecule is CCC1CCC(CC(O)[SH]2C(C3CC3)=Nc3cncn32)CC1. The minimum atomic E-state index is -0.705. The molecule has 1 aromatic rings. The van der Waals surface area contributed by atoms with Crippen molar-refractivity contribution in [3.05, 3.63) is 12.5 Å². The van der Waals surface area contributed by atoms with Gasteiger partial charge in [-0.2, -0.15) is 0 Å². The molecule has 2 fully saturated rings. The van der Waals surface area contributed by atoms with Crippen LogP contribution in [0.1, 0.15) is 58.3 Å². The van der Waals surface area contributed by atoms with E-state index in [1.807, 2.05) is 12.5 Å². The van der Waals surface area contributed by atoms with Gasteiger partial charge in [0.15, 0.2) is 5.82 Å². The van der Waals surface area contributed by atoms with Gasteiger partial charge in [0.05, 0.1) is 11.2 Å². The van der Waals surface area contributed by atoms with Gasteiger partial charge in [-0.3, -0.25) is 3.97 Å². The van der Waals surface area contributed by atoms with E-state index in [-0.39, 0.29) is 5.44 Å². The van der Waals surface area contributed by atoms with E-state index in [2.05, 4.69) is 15.9 Å². The smallest absolute Gasteiger partial charge is 0.162 e. The van der Waals surface area contributed by atoms with Crippen molar-refractivity contribution in [2.75, 3.05) is 0 Å². The van der Waals surface area contributed by atoms with Crippen molar-refractivity contribution in [1.82, 2.24) is 8.96 Å². The molecule has 0 amide bonds. The van der Waals surface area contributed by atoms with Crippen LogP contribution in [0.15, 0.2) is 17.5 Å². The molecule has 4 nitrogen and oxygen atoms in total. The standard InChI is InChI=1S/C17H27N3OS/c1-2-12-3-5-13(6-4-12)9-16(21)22-17(14-7-8-14)19-15-10-18-11-20(15)22/h10-14,16,21-22H,2-9H2,1H3. The Morgan fingerprint density at radius 1 is 1.23 bits per heavy atom. The minimum Gasteiger partial charge on any atom is -0.382 e. The molecule has 0 spiro atoms. The Bertz CT molecular complexity index is 558. The molecule has 22 heavy (non-hydrogen) atoms. The lowest BCUT2D eigenvalue weighted by Gasteiger charge is -2.32. The number of hydrogen-bond acceptors (Lipinski definition) is 3. The van der Waals surface area contributed by atoms with Crippen LogP contribution in [0.5, 0.6) is 0 Å². The summed E-state index contributed by atoms with van der Waals surface area (Å²) in [6, 6.07) is 0. The van der Waals surface area contributed by atoms with Gasteiger partial charge < -0.3 is 5.11 Å². The molecule has 2 aliphatic carbocycles. The first-order chi connectivity index (χ1) is 10.8. The van der Waals surface area contributed by atoms with Gasteiger partial charge >= 0.3 is 0 Å². The van der Waals surface area contributed by atoms with Crippen LogP contribution >= 0.6 is 11.1 Å². The monoisotopic (exact) mass is 321 g/mol. The van der Waals surface area contributed by atoms with Crippen LogP contribution in [0, 0.1) is 17.8 Å². The van der Waals surface area contributed by atoms with Crippen molar-refractivity contribution in [2.24, 2.45) is 22.7 Å². The molecule has 122 valence electrons. The van der Waals surface area contributed by atoms with Gasteiger partial charge in [-0.15, -0.1) is 11.1 Å². The first kappa shape index (κ1) is 14.8. The predicted octanol–water partition coefficient (Wildman–Crippen LogP) is 4.03. The van der Waals surface area contributed by atoms with E-state index < -0.39 is 11.1 Å². The fourth-order valence-corrected chi connectivity index (χ4v) is 6.63. The van der Waals surface area contributed by atoms with Gasteiger partial charge in [-0.1, -0.05) is 39.0 Å². The Kier molecular flexibility index (Phi) is 4.03. The largest absolute Gasteiger partial charge is 0.382 e. The van der Waals surface area contributed by atoms with Gasteiger partial charge in [0, 0.05) is 5.92 Å². The topological polar surface area (TPSA) is 50.4 Å². The molecule has 1 aromatic heterocycles. The molecule has 5 heteroatoms. The second-order valence-corrected chi connectivity index (χ2v) is 9.37. The van der Waals surface area contributed by atoms with Gasteiger partial charge in [-0.05, 0) is 31.1 Å². The number of thiol groups is 1. The van der Waals surface area contributed by atoms with Crippen LogP contribution in [-0.2, 0) is 0 Å². The highest BCUT2D eigenvalue weighted by Crippen LogP contribution is 2.53. The lowest BCUT2D eigenvalue weighted by molar-refractivity contribution is 0.182. The van der Waals surface area contributed by atoms with E-state index in [1.165, 1.54) is 50.0 Å². The lowest BCUT2D eigenvalue weighted by atomic mass is 9.80. The summed E-state index contributed by atoms with van der Waals surface area (Å²) in [6.07, 6.45) is 13.8. The van der Waals surface area contributed by atoms with Gasteiger partial charge in [-0.25, -0.2) is 9.98 Å². The highest BCUT2D eigenvalue weighted by Gasteiger charge is 2.39. The molecule has 2 saturated carbocycles. The predicted molar refractivity (Wildman–Crippen MR) is 92.8 cm³/mol. The number of rotatable bonds is 5. The van der Waals surface area contributed by atoms with Crippen LogP contribution in [0.3, 0.4) is 0 Å². The maximum absolute atomic E-state index is 10.9. The zero-order chi connectivity index (χ0) is 15.1. The van der Waals surface area contributed by atoms with E-state index in [0.29, 0.717) is 11.8 Å². The Hall–Kier alpha value is -0.810. The summed E-state index contributed by atoms with van der Waals surface area (Å²) in [5, 5.41) is 12.2. The number of aliphatic imine (C=N–C) groups is 1. The fraction of sp³-hybridized carbons (Fsp3) is 0.765. The highest BCUT2D eigenvalue weighted by atomic mass is 32.2. The molecule has 0 aromatic carbocycles. The van der Waals surface area contributed by atoms with E-state index in [4.69, 9.17) is 4.99 Å². The number of aliphatic hydroxyl groups is 1. The van der Waals surface area contributed by atoms with E-state index in [1.54, 1.807) is 0 Å². The molecule has 0 bridgehead atoms. The van der Waals surface area contributed by atoms with Crippen LogP contribution < -0.4 is 0 Å². The first-order valence-corrected chi connectivity index (χ1v) is 10.2. The van der Waals surface area contributed by atoms with Gasteiger partial charge in [0.2, 0.25) is 0 Å². The maximum Gasteiger partial charge on any atom is 0.162 e. The molecule has 0 radical (unpaired) electrons. The number of fused-ring (bicyclic) bond motifs is 1. The van der Waals surface area contributed by atoms with E-state index in [0.717, 1.165) is 18.2 Å².